The standard InChI is InChI=1S/C12H20.C11H16.C10H10FN.C9H12.C8H9BrS/c1-2-12-6-9-3-10(7-12)5-11(4-9)8-12;1-4-11(2,3)10-8-6-5-7-9-10;1-2-7-6-12-10-4-3-8(11)5-9(7)10;1-2-6-9-7-4-3-5-8-9;1-2-10-8-6-4-3-5-7(8)9/h9-11H,2-8H2,1H3;5-9H,4H2,1-3H3;3-6,12H,2H2,1H3;3-5,7-8H,2,6H2,1H3;3-6H,2H2,1H3. The van der Waals surface area contributed by atoms with E-state index in [1.54, 1.807) is 50.7 Å². The van der Waals surface area contributed by atoms with E-state index < -0.39 is 0 Å². The first-order chi connectivity index (χ1) is 26.0. The smallest absolute Gasteiger partial charge is 0.123 e. The van der Waals surface area contributed by atoms with Crippen LogP contribution in [-0.4, -0.2) is 10.7 Å². The molecule has 4 aliphatic carbocycles. The third-order valence-electron chi connectivity index (χ3n) is 12.0. The minimum atomic E-state index is -0.170. The molecule has 4 aliphatic rings. The predicted octanol–water partition coefficient (Wildman–Crippen LogP) is 16.1. The van der Waals surface area contributed by atoms with Crippen molar-refractivity contribution in [2.45, 2.75) is 129 Å². The Hall–Kier alpha value is -2.82. The largest absolute Gasteiger partial charge is 0.361 e. The molecule has 0 atom stereocenters. The molecule has 292 valence electrons. The fraction of sp³-hybridized carbons (Fsp3) is 0.480. The number of rotatable bonds is 8. The molecule has 0 spiro atoms. The maximum Gasteiger partial charge on any atom is 0.123 e. The number of aromatic nitrogens is 1. The van der Waals surface area contributed by atoms with Crippen LogP contribution in [0.2, 0.25) is 0 Å². The third-order valence-corrected chi connectivity index (χ3v) is 13.9. The lowest BCUT2D eigenvalue weighted by molar-refractivity contribution is -0.0545. The quantitative estimate of drug-likeness (QED) is 0.154. The Labute approximate surface area is 340 Å². The van der Waals surface area contributed by atoms with E-state index in [9.17, 15) is 4.39 Å². The molecule has 1 N–H and O–H groups in total. The second-order valence-electron chi connectivity index (χ2n) is 16.3. The van der Waals surface area contributed by atoms with Crippen LogP contribution in [0.25, 0.3) is 10.9 Å². The van der Waals surface area contributed by atoms with E-state index in [-0.39, 0.29) is 5.82 Å². The number of thioether (sulfide) groups is 1. The summed E-state index contributed by atoms with van der Waals surface area (Å²) in [5, 5.41) is 0.998. The fourth-order valence-corrected chi connectivity index (χ4v) is 10.2. The van der Waals surface area contributed by atoms with Gasteiger partial charge in [0.25, 0.3) is 0 Å². The van der Waals surface area contributed by atoms with E-state index in [4.69, 9.17) is 0 Å². The number of hydrogen-bond acceptors (Lipinski definition) is 1. The minimum absolute atomic E-state index is 0.170. The average molecular weight is 813 g/mol. The molecular formula is C50H67BrFNS. The molecular weight excluding hydrogens is 746 g/mol. The van der Waals surface area contributed by atoms with Crippen LogP contribution in [0.15, 0.2) is 119 Å². The van der Waals surface area contributed by atoms with Crippen molar-refractivity contribution in [2.24, 2.45) is 23.2 Å². The monoisotopic (exact) mass is 811 g/mol. The highest BCUT2D eigenvalue weighted by molar-refractivity contribution is 9.10. The highest BCUT2D eigenvalue weighted by atomic mass is 79.9. The van der Waals surface area contributed by atoms with Crippen molar-refractivity contribution in [3.05, 3.63) is 136 Å². The Morgan fingerprint density at radius 2 is 1.33 bits per heavy atom. The molecule has 0 radical (unpaired) electrons. The summed E-state index contributed by atoms with van der Waals surface area (Å²) in [7, 11) is 0. The first-order valence-corrected chi connectivity index (χ1v) is 22.5. The van der Waals surface area contributed by atoms with Crippen LogP contribution in [0.4, 0.5) is 4.39 Å². The second kappa shape index (κ2) is 22.1. The summed E-state index contributed by atoms with van der Waals surface area (Å²) in [4.78, 5) is 4.42. The van der Waals surface area contributed by atoms with E-state index in [1.165, 1.54) is 57.8 Å². The Morgan fingerprint density at radius 1 is 0.759 bits per heavy atom. The van der Waals surface area contributed by atoms with Gasteiger partial charge < -0.3 is 4.98 Å². The molecule has 9 rings (SSSR count). The molecule has 1 aromatic heterocycles. The Bertz CT molecular complexity index is 1740. The number of halogens is 2. The summed E-state index contributed by atoms with van der Waals surface area (Å²) >= 11 is 5.33. The molecule has 4 heteroatoms. The number of H-pyrrole nitrogens is 1. The number of aromatic amines is 1. The topological polar surface area (TPSA) is 15.8 Å². The predicted molar refractivity (Wildman–Crippen MR) is 239 cm³/mol. The first-order valence-electron chi connectivity index (χ1n) is 20.8. The number of benzene rings is 4. The summed E-state index contributed by atoms with van der Waals surface area (Å²) in [6.07, 6.45) is 17.5. The van der Waals surface area contributed by atoms with Crippen LogP contribution in [0, 0.1) is 29.0 Å². The molecule has 0 amide bonds. The summed E-state index contributed by atoms with van der Waals surface area (Å²) < 4.78 is 14.0. The average Bonchev–Trinajstić information content (AvgIpc) is 3.59. The maximum absolute atomic E-state index is 12.8. The normalized spacial score (nSPS) is 20.6. The molecule has 4 saturated carbocycles. The van der Waals surface area contributed by atoms with Crippen molar-refractivity contribution in [3.63, 3.8) is 0 Å². The van der Waals surface area contributed by atoms with Crippen LogP contribution in [-0.2, 0) is 18.3 Å². The maximum atomic E-state index is 12.8. The Balaban J connectivity index is 0.000000151. The lowest BCUT2D eigenvalue weighted by Crippen LogP contribution is -2.45. The number of nitrogens with one attached hydrogen (secondary N) is 1. The lowest BCUT2D eigenvalue weighted by Gasteiger charge is -2.56. The molecule has 54 heavy (non-hydrogen) atoms. The number of hydrogen-bond donors (Lipinski definition) is 1. The van der Waals surface area contributed by atoms with Gasteiger partial charge in [0, 0.05) is 26.5 Å². The van der Waals surface area contributed by atoms with Crippen LogP contribution in [0.3, 0.4) is 0 Å². The molecule has 1 nitrogen and oxygen atoms in total. The second-order valence-corrected chi connectivity index (χ2v) is 18.5. The lowest BCUT2D eigenvalue weighted by atomic mass is 9.49. The Morgan fingerprint density at radius 3 is 1.85 bits per heavy atom. The van der Waals surface area contributed by atoms with Crippen molar-refractivity contribution >= 4 is 38.6 Å². The van der Waals surface area contributed by atoms with Gasteiger partial charge >= 0.3 is 0 Å². The molecule has 4 aromatic carbocycles. The van der Waals surface area contributed by atoms with Gasteiger partial charge in [-0.3, -0.25) is 0 Å². The summed E-state index contributed by atoms with van der Waals surface area (Å²) in [6, 6.07) is 34.3. The summed E-state index contributed by atoms with van der Waals surface area (Å²) in [5.41, 5.74) is 6.23. The number of fused-ring (bicyclic) bond motifs is 1. The van der Waals surface area contributed by atoms with Crippen LogP contribution < -0.4 is 0 Å². The van der Waals surface area contributed by atoms with Crippen molar-refractivity contribution in [2.75, 3.05) is 5.75 Å². The van der Waals surface area contributed by atoms with Crippen LogP contribution in [0.1, 0.15) is 123 Å². The third kappa shape index (κ3) is 13.1. The van der Waals surface area contributed by atoms with E-state index in [1.807, 2.05) is 24.0 Å². The zero-order valence-electron chi connectivity index (χ0n) is 34.3. The van der Waals surface area contributed by atoms with Crippen molar-refractivity contribution < 1.29 is 4.39 Å². The van der Waals surface area contributed by atoms with E-state index in [0.29, 0.717) is 5.41 Å². The molecule has 4 fully saturated rings. The van der Waals surface area contributed by atoms with Crippen molar-refractivity contribution in [1.29, 1.82) is 0 Å². The summed E-state index contributed by atoms with van der Waals surface area (Å²) in [5.74, 6) is 4.41. The molecule has 5 aromatic rings. The van der Waals surface area contributed by atoms with Gasteiger partial charge in [-0.15, -0.1) is 11.8 Å². The van der Waals surface area contributed by atoms with Crippen molar-refractivity contribution in [1.82, 2.24) is 4.98 Å². The van der Waals surface area contributed by atoms with Gasteiger partial charge in [0.1, 0.15) is 5.82 Å². The van der Waals surface area contributed by atoms with Gasteiger partial charge in [0.2, 0.25) is 0 Å². The minimum Gasteiger partial charge on any atom is -0.361 e. The molecule has 0 saturated heterocycles. The fourth-order valence-electron chi connectivity index (χ4n) is 8.91. The van der Waals surface area contributed by atoms with Gasteiger partial charge in [-0.05, 0) is 155 Å². The Kier molecular flexibility index (Phi) is 17.9. The van der Waals surface area contributed by atoms with Gasteiger partial charge in [-0.25, -0.2) is 4.39 Å². The van der Waals surface area contributed by atoms with E-state index in [2.05, 4.69) is 148 Å². The van der Waals surface area contributed by atoms with Gasteiger partial charge in [0.15, 0.2) is 0 Å². The molecule has 1 heterocycles. The van der Waals surface area contributed by atoms with Crippen LogP contribution >= 0.6 is 27.7 Å². The zero-order valence-corrected chi connectivity index (χ0v) is 36.7. The van der Waals surface area contributed by atoms with E-state index in [0.717, 1.165) is 46.2 Å². The highest BCUT2D eigenvalue weighted by Gasteiger charge is 2.49. The molecule has 0 unspecified atom stereocenters. The van der Waals surface area contributed by atoms with Crippen molar-refractivity contribution in [3.8, 4) is 0 Å². The molecule has 0 aliphatic heterocycles. The van der Waals surface area contributed by atoms with Gasteiger partial charge in [0.05, 0.1) is 0 Å². The van der Waals surface area contributed by atoms with Gasteiger partial charge in [-0.1, -0.05) is 134 Å². The first kappa shape index (κ1) is 43.9. The zero-order chi connectivity index (χ0) is 39.0. The van der Waals surface area contributed by atoms with E-state index >= 15 is 0 Å². The SMILES string of the molecule is CCC(C)(C)c1ccccc1.CCC12CC3CC(CC(C3)C1)C2.CCCc1ccccc1.CCSc1ccccc1Br.CCc1c[nH]c2ccc(F)cc12. The molecule has 4 bridgehead atoms. The highest BCUT2D eigenvalue weighted by Crippen LogP contribution is 2.61. The van der Waals surface area contributed by atoms with Crippen LogP contribution in [0.5, 0.6) is 0 Å². The number of aryl methyl sites for hydroxylation is 2. The summed E-state index contributed by atoms with van der Waals surface area (Å²) in [6.45, 7) is 15.6. The van der Waals surface area contributed by atoms with Gasteiger partial charge in [-0.2, -0.15) is 0 Å².